The standard InChI is InChI=1S/C12H16ClF4N3O2/c1-2-22-5-3-4-18-7(21)6-20-10(12(16)17)8(13)9(19-20)11(14)15/h11-12H,2-6H2,1H3,(H,18,21). The van der Waals surface area contributed by atoms with Crippen molar-refractivity contribution in [3.63, 3.8) is 0 Å². The van der Waals surface area contributed by atoms with Crippen LogP contribution in [0.1, 0.15) is 37.6 Å². The SMILES string of the molecule is CCOCCCNC(=O)Cn1nc(C(F)F)c(Cl)c1C(F)F. The molecule has 0 saturated carbocycles. The lowest BCUT2D eigenvalue weighted by Crippen LogP contribution is -2.30. The molecule has 0 unspecified atom stereocenters. The van der Waals surface area contributed by atoms with Crippen LogP contribution in [0.4, 0.5) is 17.6 Å². The van der Waals surface area contributed by atoms with Crippen LogP contribution in [0.15, 0.2) is 0 Å². The summed E-state index contributed by atoms with van der Waals surface area (Å²) in [4.78, 5) is 11.6. The average Bonchev–Trinajstić information content (AvgIpc) is 2.75. The summed E-state index contributed by atoms with van der Waals surface area (Å²) in [5.41, 5.74) is -1.84. The average molecular weight is 346 g/mol. The highest BCUT2D eigenvalue weighted by Crippen LogP contribution is 2.34. The molecule has 22 heavy (non-hydrogen) atoms. The quantitative estimate of drug-likeness (QED) is 0.553. The van der Waals surface area contributed by atoms with Gasteiger partial charge in [-0.2, -0.15) is 5.10 Å². The van der Waals surface area contributed by atoms with E-state index in [1.54, 1.807) is 0 Å². The summed E-state index contributed by atoms with van der Waals surface area (Å²) in [5, 5.41) is 4.95. The number of aromatic nitrogens is 2. The summed E-state index contributed by atoms with van der Waals surface area (Å²) < 4.78 is 56.6. The van der Waals surface area contributed by atoms with Crippen molar-refractivity contribution in [1.82, 2.24) is 15.1 Å². The normalized spacial score (nSPS) is 11.5. The van der Waals surface area contributed by atoms with Crippen molar-refractivity contribution in [2.24, 2.45) is 0 Å². The van der Waals surface area contributed by atoms with Crippen molar-refractivity contribution < 1.29 is 27.1 Å². The summed E-state index contributed by atoms with van der Waals surface area (Å²) in [7, 11) is 0. The van der Waals surface area contributed by atoms with E-state index in [1.807, 2.05) is 6.92 Å². The van der Waals surface area contributed by atoms with Gasteiger partial charge in [0.2, 0.25) is 5.91 Å². The van der Waals surface area contributed by atoms with E-state index >= 15 is 0 Å². The summed E-state index contributed by atoms with van der Waals surface area (Å²) in [5.74, 6) is -0.626. The molecule has 0 bridgehead atoms. The first-order valence-corrected chi connectivity index (χ1v) is 6.93. The number of rotatable bonds is 9. The van der Waals surface area contributed by atoms with Gasteiger partial charge in [0.25, 0.3) is 12.9 Å². The molecule has 0 aliphatic heterocycles. The predicted molar refractivity (Wildman–Crippen MR) is 71.3 cm³/mol. The van der Waals surface area contributed by atoms with Crippen LogP contribution in [0.2, 0.25) is 5.02 Å². The van der Waals surface area contributed by atoms with Gasteiger partial charge in [0.1, 0.15) is 17.9 Å². The van der Waals surface area contributed by atoms with E-state index in [1.165, 1.54) is 0 Å². The number of alkyl halides is 4. The van der Waals surface area contributed by atoms with Crippen molar-refractivity contribution in [3.05, 3.63) is 16.4 Å². The number of carbonyl (C=O) groups is 1. The zero-order chi connectivity index (χ0) is 16.7. The van der Waals surface area contributed by atoms with Gasteiger partial charge in [-0.15, -0.1) is 0 Å². The Balaban J connectivity index is 2.68. The van der Waals surface area contributed by atoms with Gasteiger partial charge in [-0.25, -0.2) is 17.6 Å². The topological polar surface area (TPSA) is 56.1 Å². The number of nitrogens with one attached hydrogen (secondary N) is 1. The number of carbonyl (C=O) groups excluding carboxylic acids is 1. The zero-order valence-corrected chi connectivity index (χ0v) is 12.5. The summed E-state index contributed by atoms with van der Waals surface area (Å²) in [6, 6.07) is 0. The van der Waals surface area contributed by atoms with Crippen LogP contribution >= 0.6 is 11.6 Å². The first-order chi connectivity index (χ1) is 10.4. The van der Waals surface area contributed by atoms with E-state index in [4.69, 9.17) is 16.3 Å². The third kappa shape index (κ3) is 5.13. The van der Waals surface area contributed by atoms with E-state index in [0.29, 0.717) is 24.3 Å². The smallest absolute Gasteiger partial charge is 0.283 e. The van der Waals surface area contributed by atoms with E-state index in [9.17, 15) is 22.4 Å². The van der Waals surface area contributed by atoms with Crippen LogP contribution in [0.3, 0.4) is 0 Å². The zero-order valence-electron chi connectivity index (χ0n) is 11.8. The van der Waals surface area contributed by atoms with Crippen molar-refractivity contribution in [1.29, 1.82) is 0 Å². The third-order valence-corrected chi connectivity index (χ3v) is 3.04. The molecule has 1 aromatic heterocycles. The first-order valence-electron chi connectivity index (χ1n) is 6.55. The van der Waals surface area contributed by atoms with Gasteiger partial charge in [0.15, 0.2) is 0 Å². The van der Waals surface area contributed by atoms with Crippen LogP contribution in [0.5, 0.6) is 0 Å². The minimum Gasteiger partial charge on any atom is -0.382 e. The van der Waals surface area contributed by atoms with E-state index in [2.05, 4.69) is 10.4 Å². The Labute approximate surface area is 129 Å². The van der Waals surface area contributed by atoms with Crippen molar-refractivity contribution in [3.8, 4) is 0 Å². The van der Waals surface area contributed by atoms with E-state index in [0.717, 1.165) is 0 Å². The molecular weight excluding hydrogens is 330 g/mol. The molecule has 5 nitrogen and oxygen atoms in total. The van der Waals surface area contributed by atoms with Gasteiger partial charge in [-0.3, -0.25) is 9.48 Å². The Morgan fingerprint density at radius 1 is 1.36 bits per heavy atom. The molecule has 0 atom stereocenters. The van der Waals surface area contributed by atoms with Crippen molar-refractivity contribution in [2.45, 2.75) is 32.7 Å². The second kappa shape index (κ2) is 8.94. The molecule has 0 radical (unpaired) electrons. The van der Waals surface area contributed by atoms with Crippen molar-refractivity contribution >= 4 is 17.5 Å². The first kappa shape index (κ1) is 18.7. The molecule has 0 aliphatic rings. The van der Waals surface area contributed by atoms with Crippen LogP contribution in [-0.4, -0.2) is 35.4 Å². The van der Waals surface area contributed by atoms with Crippen LogP contribution in [0.25, 0.3) is 0 Å². The molecule has 0 fully saturated rings. The Morgan fingerprint density at radius 3 is 2.59 bits per heavy atom. The number of hydrogen-bond acceptors (Lipinski definition) is 3. The van der Waals surface area contributed by atoms with Crippen LogP contribution < -0.4 is 5.32 Å². The number of nitrogens with zero attached hydrogens (tertiary/aromatic N) is 2. The molecule has 126 valence electrons. The maximum Gasteiger partial charge on any atom is 0.283 e. The number of hydrogen-bond donors (Lipinski definition) is 1. The molecule has 1 N–H and O–H groups in total. The van der Waals surface area contributed by atoms with Crippen molar-refractivity contribution in [2.75, 3.05) is 19.8 Å². The van der Waals surface area contributed by atoms with Gasteiger partial charge >= 0.3 is 0 Å². The Bertz CT molecular complexity index is 497. The maximum absolute atomic E-state index is 12.9. The van der Waals surface area contributed by atoms with E-state index < -0.39 is 41.7 Å². The molecule has 0 aromatic carbocycles. The fraction of sp³-hybridized carbons (Fsp3) is 0.667. The van der Waals surface area contributed by atoms with Gasteiger partial charge in [-0.05, 0) is 13.3 Å². The number of ether oxygens (including phenoxy) is 1. The minimum absolute atomic E-state index is 0.277. The number of halogens is 5. The Kier molecular flexibility index (Phi) is 7.60. The molecular formula is C12H16ClF4N3O2. The predicted octanol–water partition coefficient (Wildman–Crippen LogP) is 2.95. The highest BCUT2D eigenvalue weighted by molar-refractivity contribution is 6.32. The molecule has 0 saturated heterocycles. The summed E-state index contributed by atoms with van der Waals surface area (Å²) >= 11 is 5.47. The van der Waals surface area contributed by atoms with E-state index in [-0.39, 0.29) is 6.54 Å². The fourth-order valence-electron chi connectivity index (χ4n) is 1.68. The Morgan fingerprint density at radius 2 is 2.05 bits per heavy atom. The lowest BCUT2D eigenvalue weighted by atomic mass is 10.3. The maximum atomic E-state index is 12.9. The number of amides is 1. The largest absolute Gasteiger partial charge is 0.382 e. The lowest BCUT2D eigenvalue weighted by Gasteiger charge is -2.08. The third-order valence-electron chi connectivity index (χ3n) is 2.65. The summed E-state index contributed by atoms with van der Waals surface area (Å²) in [6.45, 7) is 2.49. The molecule has 1 amide bonds. The van der Waals surface area contributed by atoms with Gasteiger partial charge in [-0.1, -0.05) is 11.6 Å². The highest BCUT2D eigenvalue weighted by Gasteiger charge is 2.28. The lowest BCUT2D eigenvalue weighted by molar-refractivity contribution is -0.122. The second-order valence-electron chi connectivity index (χ2n) is 4.24. The fourth-order valence-corrected chi connectivity index (χ4v) is 1.98. The molecule has 1 heterocycles. The molecule has 0 aliphatic carbocycles. The van der Waals surface area contributed by atoms with Gasteiger partial charge in [0, 0.05) is 19.8 Å². The molecule has 1 aromatic rings. The Hall–Kier alpha value is -1.35. The molecule has 0 spiro atoms. The van der Waals surface area contributed by atoms with Gasteiger partial charge < -0.3 is 10.1 Å². The summed E-state index contributed by atoms with van der Waals surface area (Å²) in [6.07, 6.45) is -5.66. The molecule has 10 heteroatoms. The minimum atomic E-state index is -3.11. The van der Waals surface area contributed by atoms with Gasteiger partial charge in [0.05, 0.1) is 5.02 Å². The molecule has 1 rings (SSSR count). The van der Waals surface area contributed by atoms with Crippen LogP contribution in [0, 0.1) is 0 Å². The highest BCUT2D eigenvalue weighted by atomic mass is 35.5. The van der Waals surface area contributed by atoms with Crippen LogP contribution in [-0.2, 0) is 16.1 Å². The second-order valence-corrected chi connectivity index (χ2v) is 4.62. The monoisotopic (exact) mass is 345 g/mol.